The minimum atomic E-state index is 0.248. The van der Waals surface area contributed by atoms with Gasteiger partial charge in [-0.3, -0.25) is 4.98 Å². The Morgan fingerprint density at radius 1 is 1.24 bits per heavy atom. The maximum Gasteiger partial charge on any atom is 0.0410 e. The van der Waals surface area contributed by atoms with Crippen molar-refractivity contribution in [3.63, 3.8) is 0 Å². The van der Waals surface area contributed by atoms with Crippen molar-refractivity contribution in [2.75, 3.05) is 6.54 Å². The van der Waals surface area contributed by atoms with E-state index in [9.17, 15) is 0 Å². The van der Waals surface area contributed by atoms with E-state index >= 15 is 0 Å². The number of benzene rings is 1. The van der Waals surface area contributed by atoms with Gasteiger partial charge in [0.1, 0.15) is 0 Å². The fourth-order valence-corrected chi connectivity index (χ4v) is 3.32. The highest BCUT2D eigenvalue weighted by molar-refractivity contribution is 14.1. The molecule has 2 unspecified atom stereocenters. The van der Waals surface area contributed by atoms with E-state index in [2.05, 4.69) is 71.0 Å². The maximum atomic E-state index is 6.20. The zero-order valence-electron chi connectivity index (χ0n) is 12.3. The Morgan fingerprint density at radius 3 is 2.62 bits per heavy atom. The van der Waals surface area contributed by atoms with Crippen LogP contribution in [0, 0.1) is 3.57 Å². The van der Waals surface area contributed by atoms with Crippen LogP contribution < -0.4 is 5.32 Å². The summed E-state index contributed by atoms with van der Waals surface area (Å²) in [6.45, 7) is 5.42. The zero-order chi connectivity index (χ0) is 15.2. The highest BCUT2D eigenvalue weighted by Gasteiger charge is 2.22. The molecule has 1 aromatic heterocycles. The van der Waals surface area contributed by atoms with Crippen LogP contribution in [0.15, 0.2) is 42.7 Å². The third-order valence-corrected chi connectivity index (χ3v) is 4.86. The molecule has 21 heavy (non-hydrogen) atoms. The molecule has 112 valence electrons. The highest BCUT2D eigenvalue weighted by Crippen LogP contribution is 2.34. The molecule has 0 aliphatic heterocycles. The molecule has 0 aliphatic carbocycles. The lowest BCUT2D eigenvalue weighted by Gasteiger charge is -2.27. The number of pyridine rings is 1. The monoisotopic (exact) mass is 414 g/mol. The standard InChI is InChI=1S/C17H20ClIN2/c1-3-8-21-17(12(2)13-6-9-20-10-7-13)15-11-14(18)4-5-16(15)19/h4-7,9-12,17,21H,3,8H2,1-2H3. The third-order valence-electron chi connectivity index (χ3n) is 3.64. The SMILES string of the molecule is CCCNC(c1cc(Cl)ccc1I)C(C)c1ccncc1. The average molecular weight is 415 g/mol. The second-order valence-electron chi connectivity index (χ2n) is 5.17. The summed E-state index contributed by atoms with van der Waals surface area (Å²) in [7, 11) is 0. The number of hydrogen-bond donors (Lipinski definition) is 1. The van der Waals surface area contributed by atoms with E-state index in [1.807, 2.05) is 18.5 Å². The highest BCUT2D eigenvalue weighted by atomic mass is 127. The molecule has 0 bridgehead atoms. The average Bonchev–Trinajstić information content (AvgIpc) is 2.51. The van der Waals surface area contributed by atoms with E-state index < -0.39 is 0 Å². The van der Waals surface area contributed by atoms with Crippen molar-refractivity contribution < 1.29 is 0 Å². The summed E-state index contributed by atoms with van der Waals surface area (Å²) >= 11 is 8.59. The van der Waals surface area contributed by atoms with Crippen molar-refractivity contribution in [3.05, 3.63) is 62.4 Å². The summed E-state index contributed by atoms with van der Waals surface area (Å²) in [5.41, 5.74) is 2.55. The molecule has 1 N–H and O–H groups in total. The Labute approximate surface area is 145 Å². The molecule has 0 amide bonds. The molecule has 4 heteroatoms. The summed E-state index contributed by atoms with van der Waals surface area (Å²) in [4.78, 5) is 4.11. The molecule has 1 heterocycles. The van der Waals surface area contributed by atoms with Crippen molar-refractivity contribution in [2.45, 2.75) is 32.2 Å². The maximum absolute atomic E-state index is 6.20. The first-order chi connectivity index (χ1) is 10.1. The molecule has 2 rings (SSSR count). The van der Waals surface area contributed by atoms with E-state index in [1.165, 1.54) is 14.7 Å². The minimum Gasteiger partial charge on any atom is -0.309 e. The van der Waals surface area contributed by atoms with E-state index in [-0.39, 0.29) is 6.04 Å². The first-order valence-corrected chi connectivity index (χ1v) is 8.67. The number of nitrogens with one attached hydrogen (secondary N) is 1. The van der Waals surface area contributed by atoms with Crippen LogP contribution in [-0.4, -0.2) is 11.5 Å². The Balaban J connectivity index is 2.36. The predicted octanol–water partition coefficient (Wildman–Crippen LogP) is 5.18. The lowest BCUT2D eigenvalue weighted by molar-refractivity contribution is 0.464. The van der Waals surface area contributed by atoms with Gasteiger partial charge in [-0.15, -0.1) is 0 Å². The lowest BCUT2D eigenvalue weighted by atomic mass is 9.89. The molecule has 0 saturated carbocycles. The van der Waals surface area contributed by atoms with Gasteiger partial charge in [-0.25, -0.2) is 0 Å². The quantitative estimate of drug-likeness (QED) is 0.659. The van der Waals surface area contributed by atoms with Gasteiger partial charge in [0.05, 0.1) is 0 Å². The van der Waals surface area contributed by atoms with Crippen LogP contribution in [0.4, 0.5) is 0 Å². The molecule has 0 aliphatic rings. The molecule has 0 radical (unpaired) electrons. The zero-order valence-corrected chi connectivity index (χ0v) is 15.2. The van der Waals surface area contributed by atoms with E-state index in [1.54, 1.807) is 0 Å². The smallest absolute Gasteiger partial charge is 0.0410 e. The van der Waals surface area contributed by atoms with E-state index in [4.69, 9.17) is 11.6 Å². The van der Waals surface area contributed by atoms with Gasteiger partial charge >= 0.3 is 0 Å². The van der Waals surface area contributed by atoms with Crippen molar-refractivity contribution in [3.8, 4) is 0 Å². The van der Waals surface area contributed by atoms with E-state index in [0.29, 0.717) is 5.92 Å². The predicted molar refractivity (Wildman–Crippen MR) is 97.9 cm³/mol. The van der Waals surface area contributed by atoms with Gasteiger partial charge in [0.2, 0.25) is 0 Å². The minimum absolute atomic E-state index is 0.248. The topological polar surface area (TPSA) is 24.9 Å². The summed E-state index contributed by atoms with van der Waals surface area (Å²) in [6.07, 6.45) is 4.81. The number of halogens is 2. The second kappa shape index (κ2) is 8.11. The Hall–Kier alpha value is -0.650. The summed E-state index contributed by atoms with van der Waals surface area (Å²) in [5.74, 6) is 0.353. The summed E-state index contributed by atoms with van der Waals surface area (Å²) in [6, 6.07) is 10.5. The Kier molecular flexibility index (Phi) is 6.45. The van der Waals surface area contributed by atoms with Crippen LogP contribution in [0.2, 0.25) is 5.02 Å². The van der Waals surface area contributed by atoms with Gasteiger partial charge in [-0.2, -0.15) is 0 Å². The Morgan fingerprint density at radius 2 is 1.95 bits per heavy atom. The molecule has 2 aromatic rings. The van der Waals surface area contributed by atoms with Gasteiger partial charge < -0.3 is 5.32 Å². The van der Waals surface area contributed by atoms with E-state index in [0.717, 1.165) is 18.0 Å². The first kappa shape index (κ1) is 16.7. The molecule has 0 saturated heterocycles. The van der Waals surface area contributed by atoms with Gasteiger partial charge in [0.25, 0.3) is 0 Å². The van der Waals surface area contributed by atoms with Crippen molar-refractivity contribution in [1.29, 1.82) is 0 Å². The molecule has 2 atom stereocenters. The van der Waals surface area contributed by atoms with Gasteiger partial charge in [-0.05, 0) is 77.0 Å². The van der Waals surface area contributed by atoms with Gasteiger partial charge in [0.15, 0.2) is 0 Å². The number of aromatic nitrogens is 1. The second-order valence-corrected chi connectivity index (χ2v) is 6.77. The van der Waals surface area contributed by atoms with Crippen LogP contribution in [0.1, 0.15) is 43.4 Å². The number of rotatable bonds is 6. The first-order valence-electron chi connectivity index (χ1n) is 7.21. The number of hydrogen-bond acceptors (Lipinski definition) is 2. The molecular formula is C17H20ClIN2. The normalized spacial score (nSPS) is 13.9. The number of nitrogens with zero attached hydrogens (tertiary/aromatic N) is 1. The van der Waals surface area contributed by atoms with Crippen LogP contribution in [-0.2, 0) is 0 Å². The van der Waals surface area contributed by atoms with Crippen LogP contribution >= 0.6 is 34.2 Å². The summed E-state index contributed by atoms with van der Waals surface area (Å²) in [5, 5.41) is 4.46. The third kappa shape index (κ3) is 4.41. The molecule has 0 spiro atoms. The lowest BCUT2D eigenvalue weighted by Crippen LogP contribution is -2.27. The molecule has 2 nitrogen and oxygen atoms in total. The fourth-order valence-electron chi connectivity index (χ4n) is 2.47. The molecule has 1 aromatic carbocycles. The van der Waals surface area contributed by atoms with Crippen molar-refractivity contribution in [1.82, 2.24) is 10.3 Å². The molecular weight excluding hydrogens is 395 g/mol. The van der Waals surface area contributed by atoms with Crippen molar-refractivity contribution in [2.24, 2.45) is 0 Å². The molecule has 0 fully saturated rings. The van der Waals surface area contributed by atoms with Gasteiger partial charge in [0, 0.05) is 32.9 Å². The van der Waals surface area contributed by atoms with Crippen molar-refractivity contribution >= 4 is 34.2 Å². The van der Waals surface area contributed by atoms with Crippen LogP contribution in [0.25, 0.3) is 0 Å². The summed E-state index contributed by atoms with van der Waals surface area (Å²) < 4.78 is 1.24. The Bertz CT molecular complexity index is 574. The van der Waals surface area contributed by atoms with Crippen LogP contribution in [0.3, 0.4) is 0 Å². The van der Waals surface area contributed by atoms with Gasteiger partial charge in [-0.1, -0.05) is 25.4 Å². The van der Waals surface area contributed by atoms with Crippen LogP contribution in [0.5, 0.6) is 0 Å². The largest absolute Gasteiger partial charge is 0.309 e. The fraction of sp³-hybridized carbons (Fsp3) is 0.353.